The maximum atomic E-state index is 12.9. The fraction of sp³-hybridized carbons (Fsp3) is 0.250. The minimum Gasteiger partial charge on any atom is -0.394 e. The monoisotopic (exact) mass is 253 g/mol. The van der Waals surface area contributed by atoms with Crippen molar-refractivity contribution in [3.05, 3.63) is 47.8 Å². The molecule has 18 heavy (non-hydrogen) atoms. The minimum atomic E-state index is -0.595. The second-order valence-corrected chi connectivity index (χ2v) is 3.85. The molecule has 0 unspecified atom stereocenters. The second-order valence-electron chi connectivity index (χ2n) is 3.85. The lowest BCUT2D eigenvalue weighted by molar-refractivity contribution is 0.269. The Morgan fingerprint density at radius 1 is 1.22 bits per heavy atom. The number of nitrogens with zero attached hydrogens (tertiary/aromatic N) is 2. The Morgan fingerprint density at radius 3 is 2.61 bits per heavy atom. The number of halogens is 2. The summed E-state index contributed by atoms with van der Waals surface area (Å²) in [5, 5.41) is 15.7. The Kier molecular flexibility index (Phi) is 3.88. The average Bonchev–Trinajstić information content (AvgIpc) is 2.74. The van der Waals surface area contributed by atoms with Crippen LogP contribution in [0, 0.1) is 11.6 Å². The highest BCUT2D eigenvalue weighted by molar-refractivity contribution is 5.39. The van der Waals surface area contributed by atoms with E-state index in [1.54, 1.807) is 17.1 Å². The van der Waals surface area contributed by atoms with Crippen LogP contribution in [-0.4, -0.2) is 21.5 Å². The summed E-state index contributed by atoms with van der Waals surface area (Å²) in [6.45, 7) is 0.728. The molecule has 0 saturated carbocycles. The van der Waals surface area contributed by atoms with E-state index in [1.165, 1.54) is 12.1 Å². The summed E-state index contributed by atoms with van der Waals surface area (Å²) in [6, 6.07) is 3.38. The molecule has 2 N–H and O–H groups in total. The Hall–Kier alpha value is -1.95. The quantitative estimate of drug-likeness (QED) is 0.853. The van der Waals surface area contributed by atoms with Crippen LogP contribution < -0.4 is 5.32 Å². The maximum Gasteiger partial charge on any atom is 0.126 e. The van der Waals surface area contributed by atoms with Gasteiger partial charge in [0.2, 0.25) is 0 Å². The molecule has 0 radical (unpaired) electrons. The predicted octanol–water partition coefficient (Wildman–Crippen LogP) is 1.77. The fourth-order valence-corrected chi connectivity index (χ4v) is 1.60. The van der Waals surface area contributed by atoms with Crippen molar-refractivity contribution < 1.29 is 13.9 Å². The van der Waals surface area contributed by atoms with Crippen LogP contribution in [0.25, 0.3) is 0 Å². The van der Waals surface area contributed by atoms with E-state index in [0.29, 0.717) is 18.7 Å². The van der Waals surface area contributed by atoms with Crippen molar-refractivity contribution in [2.75, 3.05) is 11.9 Å². The highest BCUT2D eigenvalue weighted by atomic mass is 19.1. The number of anilines is 1. The van der Waals surface area contributed by atoms with Gasteiger partial charge < -0.3 is 10.4 Å². The molecule has 0 bridgehead atoms. The van der Waals surface area contributed by atoms with E-state index < -0.39 is 11.6 Å². The third kappa shape index (κ3) is 3.27. The molecule has 0 aliphatic heterocycles. The second kappa shape index (κ2) is 5.59. The van der Waals surface area contributed by atoms with E-state index in [1.807, 2.05) is 0 Å². The first kappa shape index (κ1) is 12.5. The summed E-state index contributed by atoms with van der Waals surface area (Å²) in [6.07, 6.45) is 3.30. The Bertz CT molecular complexity index is 508. The fourth-order valence-electron chi connectivity index (χ4n) is 1.60. The highest BCUT2D eigenvalue weighted by Crippen LogP contribution is 2.11. The van der Waals surface area contributed by atoms with Crippen LogP contribution in [0.5, 0.6) is 0 Å². The molecule has 4 nitrogen and oxygen atoms in total. The molecule has 1 aromatic carbocycles. The summed E-state index contributed by atoms with van der Waals surface area (Å²) in [5.41, 5.74) is 1.25. The van der Waals surface area contributed by atoms with Gasteiger partial charge in [0.25, 0.3) is 0 Å². The van der Waals surface area contributed by atoms with Gasteiger partial charge >= 0.3 is 0 Å². The third-order valence-corrected chi connectivity index (χ3v) is 2.38. The smallest absolute Gasteiger partial charge is 0.126 e. The Morgan fingerprint density at radius 2 is 1.94 bits per heavy atom. The van der Waals surface area contributed by atoms with Crippen molar-refractivity contribution in [1.29, 1.82) is 0 Å². The average molecular weight is 253 g/mol. The molecule has 0 aliphatic rings. The zero-order valence-corrected chi connectivity index (χ0v) is 9.61. The molecule has 0 saturated heterocycles. The normalized spacial score (nSPS) is 10.6. The third-order valence-electron chi connectivity index (χ3n) is 2.38. The number of nitrogens with one attached hydrogen (secondary N) is 1. The molecule has 2 aromatic rings. The molecule has 0 spiro atoms. The van der Waals surface area contributed by atoms with Gasteiger partial charge in [0.1, 0.15) is 11.6 Å². The lowest BCUT2D eigenvalue weighted by atomic mass is 10.2. The van der Waals surface area contributed by atoms with Crippen molar-refractivity contribution in [3.63, 3.8) is 0 Å². The van der Waals surface area contributed by atoms with Gasteiger partial charge in [-0.2, -0.15) is 5.10 Å². The number of aromatic nitrogens is 2. The SMILES string of the molecule is OCCn1cc(NCc2cc(F)cc(F)c2)cn1. The first-order valence-corrected chi connectivity index (χ1v) is 5.49. The van der Waals surface area contributed by atoms with Crippen LogP contribution in [0.15, 0.2) is 30.6 Å². The van der Waals surface area contributed by atoms with Crippen LogP contribution in [0.4, 0.5) is 14.5 Å². The van der Waals surface area contributed by atoms with E-state index in [0.717, 1.165) is 11.8 Å². The predicted molar refractivity (Wildman–Crippen MR) is 63.0 cm³/mol. The van der Waals surface area contributed by atoms with E-state index in [4.69, 9.17) is 5.11 Å². The van der Waals surface area contributed by atoms with Gasteiger partial charge in [0, 0.05) is 18.8 Å². The van der Waals surface area contributed by atoms with E-state index in [9.17, 15) is 8.78 Å². The van der Waals surface area contributed by atoms with E-state index in [-0.39, 0.29) is 6.61 Å². The number of aliphatic hydroxyl groups is 1. The van der Waals surface area contributed by atoms with Crippen molar-refractivity contribution in [2.24, 2.45) is 0 Å². The topological polar surface area (TPSA) is 50.1 Å². The van der Waals surface area contributed by atoms with Gasteiger partial charge in [-0.05, 0) is 17.7 Å². The van der Waals surface area contributed by atoms with Gasteiger partial charge in [-0.15, -0.1) is 0 Å². The summed E-state index contributed by atoms with van der Waals surface area (Å²) in [7, 11) is 0. The van der Waals surface area contributed by atoms with Gasteiger partial charge in [0.05, 0.1) is 25.0 Å². The van der Waals surface area contributed by atoms with Crippen molar-refractivity contribution in [1.82, 2.24) is 9.78 Å². The molecule has 6 heteroatoms. The highest BCUT2D eigenvalue weighted by Gasteiger charge is 2.02. The van der Waals surface area contributed by atoms with E-state index >= 15 is 0 Å². The number of hydrogen-bond donors (Lipinski definition) is 2. The van der Waals surface area contributed by atoms with Gasteiger partial charge in [-0.25, -0.2) is 8.78 Å². The molecule has 96 valence electrons. The van der Waals surface area contributed by atoms with Gasteiger partial charge in [-0.3, -0.25) is 4.68 Å². The van der Waals surface area contributed by atoms with Crippen molar-refractivity contribution in [3.8, 4) is 0 Å². The van der Waals surface area contributed by atoms with Crippen molar-refractivity contribution >= 4 is 5.69 Å². The molecular weight excluding hydrogens is 240 g/mol. The molecule has 1 aromatic heterocycles. The van der Waals surface area contributed by atoms with Gasteiger partial charge in [0.15, 0.2) is 0 Å². The number of aliphatic hydroxyl groups excluding tert-OH is 1. The van der Waals surface area contributed by atoms with Crippen molar-refractivity contribution in [2.45, 2.75) is 13.1 Å². The molecule has 0 atom stereocenters. The first-order chi connectivity index (χ1) is 8.67. The van der Waals surface area contributed by atoms with E-state index in [2.05, 4.69) is 10.4 Å². The lowest BCUT2D eigenvalue weighted by Gasteiger charge is -2.04. The maximum absolute atomic E-state index is 12.9. The summed E-state index contributed by atoms with van der Waals surface area (Å²) in [5.74, 6) is -1.19. The van der Waals surface area contributed by atoms with Crippen LogP contribution in [0.3, 0.4) is 0 Å². The zero-order valence-electron chi connectivity index (χ0n) is 9.61. The lowest BCUT2D eigenvalue weighted by Crippen LogP contribution is -2.02. The molecular formula is C12H13F2N3O. The van der Waals surface area contributed by atoms with Gasteiger partial charge in [-0.1, -0.05) is 0 Å². The molecule has 0 amide bonds. The van der Waals surface area contributed by atoms with Crippen LogP contribution >= 0.6 is 0 Å². The molecule has 1 heterocycles. The summed E-state index contributed by atoms with van der Waals surface area (Å²) in [4.78, 5) is 0. The first-order valence-electron chi connectivity index (χ1n) is 5.49. The molecule has 0 fully saturated rings. The number of benzene rings is 1. The standard InChI is InChI=1S/C12H13F2N3O/c13-10-3-9(4-11(14)5-10)6-15-12-7-16-17(8-12)1-2-18/h3-5,7-8,15,18H,1-2,6H2. The minimum absolute atomic E-state index is 0.0101. The summed E-state index contributed by atoms with van der Waals surface area (Å²) >= 11 is 0. The Labute approximate surface area is 103 Å². The Balaban J connectivity index is 1.97. The summed E-state index contributed by atoms with van der Waals surface area (Å²) < 4.78 is 27.5. The largest absolute Gasteiger partial charge is 0.394 e. The number of rotatable bonds is 5. The number of hydrogen-bond acceptors (Lipinski definition) is 3. The molecule has 0 aliphatic carbocycles. The van der Waals surface area contributed by atoms with Crippen LogP contribution in [0.2, 0.25) is 0 Å². The zero-order chi connectivity index (χ0) is 13.0. The van der Waals surface area contributed by atoms with Crippen LogP contribution in [-0.2, 0) is 13.1 Å². The van der Waals surface area contributed by atoms with Crippen LogP contribution in [0.1, 0.15) is 5.56 Å². The molecule has 2 rings (SSSR count).